The molecule has 0 N–H and O–H groups in total. The molecule has 1 saturated heterocycles. The lowest BCUT2D eigenvalue weighted by molar-refractivity contribution is 0.0902. The van der Waals surface area contributed by atoms with E-state index in [-0.39, 0.29) is 5.92 Å². The van der Waals surface area contributed by atoms with Crippen molar-refractivity contribution in [1.82, 2.24) is 4.90 Å². The third-order valence-corrected chi connectivity index (χ3v) is 4.33. The number of rotatable bonds is 4. The zero-order valence-corrected chi connectivity index (χ0v) is 12.4. The van der Waals surface area contributed by atoms with Gasteiger partial charge in [0.15, 0.2) is 5.78 Å². The number of likely N-dealkylation sites (tertiary alicyclic amines) is 1. The van der Waals surface area contributed by atoms with Gasteiger partial charge in [0.2, 0.25) is 0 Å². The molecule has 0 amide bonds. The minimum absolute atomic E-state index is 0.121. The first-order valence-electron chi connectivity index (χ1n) is 7.59. The van der Waals surface area contributed by atoms with Crippen LogP contribution in [0.3, 0.4) is 0 Å². The van der Waals surface area contributed by atoms with Gasteiger partial charge in [0.25, 0.3) is 0 Å². The second-order valence-corrected chi connectivity index (χ2v) is 5.99. The maximum atomic E-state index is 12.6. The van der Waals surface area contributed by atoms with E-state index in [0.717, 1.165) is 25.2 Å². The molecule has 1 aliphatic heterocycles. The van der Waals surface area contributed by atoms with Gasteiger partial charge in [0.1, 0.15) is 0 Å². The zero-order chi connectivity index (χ0) is 14.7. The van der Waals surface area contributed by atoms with Crippen LogP contribution in [0.5, 0.6) is 0 Å². The van der Waals surface area contributed by atoms with Gasteiger partial charge in [-0.05, 0) is 11.5 Å². The average molecular weight is 279 g/mol. The lowest BCUT2D eigenvalue weighted by atomic mass is 9.90. The molecule has 0 aromatic heterocycles. The van der Waals surface area contributed by atoms with Gasteiger partial charge in [-0.25, -0.2) is 0 Å². The highest BCUT2D eigenvalue weighted by molar-refractivity contribution is 5.98. The first-order chi connectivity index (χ1) is 10.2. The molecule has 3 rings (SSSR count). The van der Waals surface area contributed by atoms with E-state index in [1.165, 1.54) is 5.56 Å². The Labute approximate surface area is 126 Å². The molecule has 0 unspecified atom stereocenters. The Kier molecular flexibility index (Phi) is 4.16. The van der Waals surface area contributed by atoms with Crippen LogP contribution in [0.1, 0.15) is 22.8 Å². The van der Waals surface area contributed by atoms with Gasteiger partial charge in [-0.15, -0.1) is 0 Å². The van der Waals surface area contributed by atoms with Crippen LogP contribution >= 0.6 is 0 Å². The summed E-state index contributed by atoms with van der Waals surface area (Å²) >= 11 is 0. The highest BCUT2D eigenvalue weighted by atomic mass is 16.1. The molecule has 0 aliphatic carbocycles. The Bertz CT molecular complexity index is 593. The third-order valence-electron chi connectivity index (χ3n) is 4.33. The fraction of sp³-hybridized carbons (Fsp3) is 0.316. The monoisotopic (exact) mass is 279 g/mol. The van der Waals surface area contributed by atoms with Crippen molar-refractivity contribution >= 4 is 5.78 Å². The van der Waals surface area contributed by atoms with Gasteiger partial charge < -0.3 is 0 Å². The van der Waals surface area contributed by atoms with Crippen molar-refractivity contribution in [1.29, 1.82) is 0 Å². The maximum absolute atomic E-state index is 12.6. The number of nitrogens with zero attached hydrogens (tertiary/aromatic N) is 1. The van der Waals surface area contributed by atoms with Crippen LogP contribution < -0.4 is 0 Å². The van der Waals surface area contributed by atoms with Gasteiger partial charge in [-0.3, -0.25) is 9.69 Å². The largest absolute Gasteiger partial charge is 0.298 e. The molecule has 0 spiro atoms. The molecule has 1 aliphatic rings. The normalized spacial score (nSPS) is 22.3. The topological polar surface area (TPSA) is 20.3 Å². The smallest absolute Gasteiger partial charge is 0.167 e. The standard InChI is InChI=1S/C19H21NO/c1-15-12-20(13-16-8-4-2-5-9-16)14-18(15)19(21)17-10-6-3-7-11-17/h2-11,15,18H,12-14H2,1H3/t15-,18-/m0/s1. The number of hydrogen-bond acceptors (Lipinski definition) is 2. The maximum Gasteiger partial charge on any atom is 0.167 e. The van der Waals surface area contributed by atoms with E-state index >= 15 is 0 Å². The summed E-state index contributed by atoms with van der Waals surface area (Å²) in [5, 5.41) is 0. The Balaban J connectivity index is 1.67. The van der Waals surface area contributed by atoms with Crippen molar-refractivity contribution in [3.05, 3.63) is 71.8 Å². The van der Waals surface area contributed by atoms with Crippen LogP contribution in [0.15, 0.2) is 60.7 Å². The number of ketones is 1. The first kappa shape index (κ1) is 14.0. The molecule has 108 valence electrons. The number of benzene rings is 2. The molecule has 2 aromatic rings. The zero-order valence-electron chi connectivity index (χ0n) is 12.4. The van der Waals surface area contributed by atoms with Gasteiger partial charge in [-0.1, -0.05) is 67.6 Å². The summed E-state index contributed by atoms with van der Waals surface area (Å²) in [6.45, 7) is 4.99. The molecule has 0 radical (unpaired) electrons. The Morgan fingerprint density at radius 2 is 1.62 bits per heavy atom. The van der Waals surface area contributed by atoms with E-state index in [0.29, 0.717) is 11.7 Å². The second kappa shape index (κ2) is 6.23. The van der Waals surface area contributed by atoms with Crippen LogP contribution in [-0.2, 0) is 6.54 Å². The van der Waals surface area contributed by atoms with Crippen molar-refractivity contribution in [2.24, 2.45) is 11.8 Å². The Hall–Kier alpha value is -1.93. The van der Waals surface area contributed by atoms with Crippen molar-refractivity contribution in [2.75, 3.05) is 13.1 Å². The van der Waals surface area contributed by atoms with E-state index in [9.17, 15) is 4.79 Å². The van der Waals surface area contributed by atoms with Gasteiger partial charge >= 0.3 is 0 Å². The van der Waals surface area contributed by atoms with Crippen LogP contribution in [0.2, 0.25) is 0 Å². The molecule has 21 heavy (non-hydrogen) atoms. The molecule has 2 aromatic carbocycles. The quantitative estimate of drug-likeness (QED) is 0.796. The van der Waals surface area contributed by atoms with E-state index in [4.69, 9.17) is 0 Å². The fourth-order valence-electron chi connectivity index (χ4n) is 3.20. The molecular weight excluding hydrogens is 258 g/mol. The van der Waals surface area contributed by atoms with Gasteiger partial charge in [0, 0.05) is 31.1 Å². The summed E-state index contributed by atoms with van der Waals surface area (Å²) < 4.78 is 0. The van der Waals surface area contributed by atoms with Crippen LogP contribution in [-0.4, -0.2) is 23.8 Å². The van der Waals surface area contributed by atoms with E-state index in [1.54, 1.807) is 0 Å². The minimum Gasteiger partial charge on any atom is -0.298 e. The summed E-state index contributed by atoms with van der Waals surface area (Å²) in [5.41, 5.74) is 2.16. The Morgan fingerprint density at radius 1 is 1.00 bits per heavy atom. The van der Waals surface area contributed by atoms with Gasteiger partial charge in [-0.2, -0.15) is 0 Å². The number of carbonyl (C=O) groups excluding carboxylic acids is 1. The highest BCUT2D eigenvalue weighted by Gasteiger charge is 2.34. The number of hydrogen-bond donors (Lipinski definition) is 0. The number of Topliss-reactive ketones (excluding diaryl/α,β-unsaturated/α-hetero) is 1. The first-order valence-corrected chi connectivity index (χ1v) is 7.59. The Morgan fingerprint density at radius 3 is 2.29 bits per heavy atom. The second-order valence-electron chi connectivity index (χ2n) is 5.99. The summed E-state index contributed by atoms with van der Waals surface area (Å²) in [7, 11) is 0. The van der Waals surface area contributed by atoms with Crippen LogP contribution in [0.4, 0.5) is 0 Å². The molecule has 1 heterocycles. The molecule has 2 atom stereocenters. The summed E-state index contributed by atoms with van der Waals surface area (Å²) in [4.78, 5) is 15.0. The van der Waals surface area contributed by atoms with Crippen LogP contribution in [0.25, 0.3) is 0 Å². The molecule has 1 fully saturated rings. The SMILES string of the molecule is C[C@H]1CN(Cc2ccccc2)C[C@@H]1C(=O)c1ccccc1. The average Bonchev–Trinajstić information content (AvgIpc) is 2.89. The molecule has 0 saturated carbocycles. The highest BCUT2D eigenvalue weighted by Crippen LogP contribution is 2.27. The lowest BCUT2D eigenvalue weighted by Gasteiger charge is -2.15. The summed E-state index contributed by atoms with van der Waals surface area (Å²) in [6, 6.07) is 20.2. The molecule has 0 bridgehead atoms. The summed E-state index contributed by atoms with van der Waals surface area (Å²) in [5.74, 6) is 0.830. The summed E-state index contributed by atoms with van der Waals surface area (Å²) in [6.07, 6.45) is 0. The van der Waals surface area contributed by atoms with Crippen LogP contribution in [0, 0.1) is 11.8 Å². The molecule has 2 nitrogen and oxygen atoms in total. The fourth-order valence-corrected chi connectivity index (χ4v) is 3.20. The van der Waals surface area contributed by atoms with Crippen molar-refractivity contribution in [3.63, 3.8) is 0 Å². The number of carbonyl (C=O) groups is 1. The molecule has 2 heteroatoms. The molecular formula is C19H21NO. The lowest BCUT2D eigenvalue weighted by Crippen LogP contribution is -2.23. The predicted molar refractivity (Wildman–Crippen MR) is 85.1 cm³/mol. The van der Waals surface area contributed by atoms with E-state index in [1.807, 2.05) is 36.4 Å². The van der Waals surface area contributed by atoms with Gasteiger partial charge in [0.05, 0.1) is 0 Å². The van der Waals surface area contributed by atoms with E-state index < -0.39 is 0 Å². The van der Waals surface area contributed by atoms with Crippen molar-refractivity contribution in [2.45, 2.75) is 13.5 Å². The predicted octanol–water partition coefficient (Wildman–Crippen LogP) is 3.64. The van der Waals surface area contributed by atoms with E-state index in [2.05, 4.69) is 36.1 Å². The third kappa shape index (κ3) is 3.22. The van der Waals surface area contributed by atoms with Crippen molar-refractivity contribution in [3.8, 4) is 0 Å². The minimum atomic E-state index is 0.121. The van der Waals surface area contributed by atoms with Crippen molar-refractivity contribution < 1.29 is 4.79 Å².